The summed E-state index contributed by atoms with van der Waals surface area (Å²) in [6, 6.07) is 27.5. The molecule has 0 unspecified atom stereocenters. The minimum Gasteiger partial charge on any atom is -0.497 e. The van der Waals surface area contributed by atoms with Crippen molar-refractivity contribution in [2.75, 3.05) is 14.2 Å². The Labute approximate surface area is 164 Å². The Morgan fingerprint density at radius 2 is 1.46 bits per heavy atom. The monoisotopic (exact) mass is 367 g/mol. The molecule has 1 aromatic heterocycles. The maximum atomic E-state index is 5.49. The van der Waals surface area contributed by atoms with E-state index in [1.807, 2.05) is 12.1 Å². The van der Waals surface area contributed by atoms with Gasteiger partial charge in [-0.2, -0.15) is 0 Å². The Kier molecular flexibility index (Phi) is 3.94. The Balaban J connectivity index is 1.77. The predicted molar refractivity (Wildman–Crippen MR) is 114 cm³/mol. The van der Waals surface area contributed by atoms with Gasteiger partial charge in [-0.05, 0) is 53.1 Å². The van der Waals surface area contributed by atoms with E-state index in [1.54, 1.807) is 14.2 Å². The Hall–Kier alpha value is -3.46. The second-order valence-corrected chi connectivity index (χ2v) is 6.99. The number of aromatic nitrogens is 1. The molecule has 0 saturated heterocycles. The highest BCUT2D eigenvalue weighted by atomic mass is 16.5. The van der Waals surface area contributed by atoms with Crippen LogP contribution in [0.3, 0.4) is 0 Å². The largest absolute Gasteiger partial charge is 0.497 e. The van der Waals surface area contributed by atoms with E-state index in [4.69, 9.17) is 9.47 Å². The first-order valence-corrected chi connectivity index (χ1v) is 9.39. The zero-order chi connectivity index (χ0) is 19.1. The van der Waals surface area contributed by atoms with Crippen LogP contribution < -0.4 is 9.47 Å². The molecule has 0 atom stereocenters. The standard InChI is InChI=1S/C25H21NO2/c1-27-20-10-6-9-18(13-20)25-22(17-7-4-3-5-8-17)16-26-23-12-11-21(28-2)14-19(23)15-24(25)26/h3-15H,16H2,1-2H3. The zero-order valence-electron chi connectivity index (χ0n) is 16.0. The number of hydrogen-bond donors (Lipinski definition) is 0. The molecule has 0 spiro atoms. The van der Waals surface area contributed by atoms with Crippen molar-refractivity contribution >= 4 is 22.0 Å². The smallest absolute Gasteiger partial charge is 0.119 e. The minimum absolute atomic E-state index is 0.849. The SMILES string of the molecule is COc1cccc(C2=C(c3ccccc3)Cn3c2cc2cc(OC)ccc23)c1. The van der Waals surface area contributed by atoms with Crippen LogP contribution in [0, 0.1) is 0 Å². The van der Waals surface area contributed by atoms with Gasteiger partial charge in [0.25, 0.3) is 0 Å². The Bertz CT molecular complexity index is 1200. The van der Waals surface area contributed by atoms with Crippen LogP contribution in [-0.4, -0.2) is 18.8 Å². The van der Waals surface area contributed by atoms with Crippen LogP contribution in [0.25, 0.3) is 22.0 Å². The third kappa shape index (κ3) is 2.59. The van der Waals surface area contributed by atoms with Gasteiger partial charge in [-0.3, -0.25) is 0 Å². The second kappa shape index (κ2) is 6.61. The van der Waals surface area contributed by atoms with Crippen LogP contribution in [0.4, 0.5) is 0 Å². The third-order valence-corrected chi connectivity index (χ3v) is 5.46. The molecule has 0 fully saturated rings. The molecule has 1 aliphatic rings. The molecule has 0 aliphatic carbocycles. The van der Waals surface area contributed by atoms with Crippen LogP contribution in [0.5, 0.6) is 11.5 Å². The van der Waals surface area contributed by atoms with Crippen molar-refractivity contribution in [1.82, 2.24) is 4.57 Å². The van der Waals surface area contributed by atoms with E-state index in [0.29, 0.717) is 0 Å². The van der Waals surface area contributed by atoms with E-state index in [0.717, 1.165) is 18.0 Å². The van der Waals surface area contributed by atoms with Crippen LogP contribution in [-0.2, 0) is 6.54 Å². The van der Waals surface area contributed by atoms with Gasteiger partial charge in [-0.1, -0.05) is 42.5 Å². The fourth-order valence-corrected chi connectivity index (χ4v) is 4.12. The van der Waals surface area contributed by atoms with Gasteiger partial charge in [0.2, 0.25) is 0 Å². The number of methoxy groups -OCH3 is 2. The third-order valence-electron chi connectivity index (χ3n) is 5.46. The lowest BCUT2D eigenvalue weighted by Crippen LogP contribution is -1.95. The highest BCUT2D eigenvalue weighted by Gasteiger charge is 2.26. The number of rotatable bonds is 4. The van der Waals surface area contributed by atoms with Crippen molar-refractivity contribution < 1.29 is 9.47 Å². The summed E-state index contributed by atoms with van der Waals surface area (Å²) in [7, 11) is 3.42. The predicted octanol–water partition coefficient (Wildman–Crippen LogP) is 5.63. The zero-order valence-corrected chi connectivity index (χ0v) is 16.0. The lowest BCUT2D eigenvalue weighted by Gasteiger charge is -2.10. The average Bonchev–Trinajstić information content (AvgIpc) is 3.29. The van der Waals surface area contributed by atoms with Gasteiger partial charge in [-0.25, -0.2) is 0 Å². The highest BCUT2D eigenvalue weighted by molar-refractivity contribution is 6.04. The Morgan fingerprint density at radius 3 is 2.25 bits per heavy atom. The summed E-state index contributed by atoms with van der Waals surface area (Å²) in [5.41, 5.74) is 7.48. The van der Waals surface area contributed by atoms with E-state index in [2.05, 4.69) is 71.3 Å². The first-order valence-electron chi connectivity index (χ1n) is 9.39. The lowest BCUT2D eigenvalue weighted by atomic mass is 9.94. The molecule has 138 valence electrons. The molecule has 0 N–H and O–H groups in total. The molecule has 3 aromatic carbocycles. The van der Waals surface area contributed by atoms with Crippen molar-refractivity contribution in [2.45, 2.75) is 6.54 Å². The van der Waals surface area contributed by atoms with Crippen molar-refractivity contribution in [3.05, 3.63) is 95.7 Å². The maximum Gasteiger partial charge on any atom is 0.119 e. The van der Waals surface area contributed by atoms with Crippen LogP contribution in [0.15, 0.2) is 78.9 Å². The van der Waals surface area contributed by atoms with Gasteiger partial charge in [-0.15, -0.1) is 0 Å². The molecular weight excluding hydrogens is 346 g/mol. The first-order chi connectivity index (χ1) is 13.8. The molecular formula is C25H21NO2. The quantitative estimate of drug-likeness (QED) is 0.466. The van der Waals surface area contributed by atoms with Gasteiger partial charge in [0, 0.05) is 23.0 Å². The van der Waals surface area contributed by atoms with E-state index in [-0.39, 0.29) is 0 Å². The van der Waals surface area contributed by atoms with Crippen molar-refractivity contribution in [3.63, 3.8) is 0 Å². The number of allylic oxidation sites excluding steroid dienone is 1. The van der Waals surface area contributed by atoms with Crippen LogP contribution in [0.2, 0.25) is 0 Å². The van der Waals surface area contributed by atoms with Gasteiger partial charge < -0.3 is 14.0 Å². The summed E-state index contributed by atoms with van der Waals surface area (Å²) < 4.78 is 13.3. The summed E-state index contributed by atoms with van der Waals surface area (Å²) in [6.45, 7) is 0.849. The number of nitrogens with zero attached hydrogens (tertiary/aromatic N) is 1. The van der Waals surface area contributed by atoms with Gasteiger partial charge in [0.15, 0.2) is 0 Å². The van der Waals surface area contributed by atoms with E-state index in [1.165, 1.54) is 38.9 Å². The first kappa shape index (κ1) is 16.7. The fourth-order valence-electron chi connectivity index (χ4n) is 4.12. The number of fused-ring (bicyclic) bond motifs is 3. The topological polar surface area (TPSA) is 23.4 Å². The molecule has 4 aromatic rings. The van der Waals surface area contributed by atoms with Crippen molar-refractivity contribution in [2.24, 2.45) is 0 Å². The number of ether oxygens (including phenoxy) is 2. The summed E-state index contributed by atoms with van der Waals surface area (Å²) in [6.07, 6.45) is 0. The summed E-state index contributed by atoms with van der Waals surface area (Å²) in [4.78, 5) is 0. The van der Waals surface area contributed by atoms with Gasteiger partial charge >= 0.3 is 0 Å². The van der Waals surface area contributed by atoms with Crippen LogP contribution >= 0.6 is 0 Å². The highest BCUT2D eigenvalue weighted by Crippen LogP contribution is 2.43. The van der Waals surface area contributed by atoms with E-state index in [9.17, 15) is 0 Å². The number of hydrogen-bond acceptors (Lipinski definition) is 2. The van der Waals surface area contributed by atoms with E-state index >= 15 is 0 Å². The summed E-state index contributed by atoms with van der Waals surface area (Å²) in [5, 5.41) is 1.20. The van der Waals surface area contributed by atoms with Gasteiger partial charge in [0.05, 0.1) is 19.9 Å². The molecule has 28 heavy (non-hydrogen) atoms. The Morgan fingerprint density at radius 1 is 0.714 bits per heavy atom. The summed E-state index contributed by atoms with van der Waals surface area (Å²) in [5.74, 6) is 1.75. The molecule has 3 nitrogen and oxygen atoms in total. The lowest BCUT2D eigenvalue weighted by molar-refractivity contribution is 0.414. The molecule has 2 heterocycles. The van der Waals surface area contributed by atoms with Gasteiger partial charge in [0.1, 0.15) is 11.5 Å². The normalized spacial score (nSPS) is 13.1. The average molecular weight is 367 g/mol. The van der Waals surface area contributed by atoms with Crippen LogP contribution in [0.1, 0.15) is 16.8 Å². The van der Waals surface area contributed by atoms with E-state index < -0.39 is 0 Å². The maximum absolute atomic E-state index is 5.49. The molecule has 1 aliphatic heterocycles. The minimum atomic E-state index is 0.849. The molecule has 0 bridgehead atoms. The fraction of sp³-hybridized carbons (Fsp3) is 0.120. The van der Waals surface area contributed by atoms with Crippen molar-refractivity contribution in [1.29, 1.82) is 0 Å². The molecule has 3 heteroatoms. The van der Waals surface area contributed by atoms with Crippen molar-refractivity contribution in [3.8, 4) is 11.5 Å². The molecule has 5 rings (SSSR count). The molecule has 0 radical (unpaired) electrons. The molecule has 0 amide bonds. The second-order valence-electron chi connectivity index (χ2n) is 6.99. The number of benzene rings is 3. The molecule has 0 saturated carbocycles. The summed E-state index contributed by atoms with van der Waals surface area (Å²) >= 11 is 0.